The van der Waals surface area contributed by atoms with Crippen molar-refractivity contribution in [2.45, 2.75) is 6.61 Å². The van der Waals surface area contributed by atoms with Crippen molar-refractivity contribution in [2.24, 2.45) is 5.73 Å². The van der Waals surface area contributed by atoms with Crippen LogP contribution in [0.15, 0.2) is 18.2 Å². The summed E-state index contributed by atoms with van der Waals surface area (Å²) in [6.45, 7) is 2.29. The van der Waals surface area contributed by atoms with Crippen LogP contribution in [0.5, 0.6) is 5.75 Å². The number of hydrogen-bond acceptors (Lipinski definition) is 6. The molecule has 21 heavy (non-hydrogen) atoms. The Morgan fingerprint density at radius 1 is 1.05 bits per heavy atom. The molecule has 0 aliphatic heterocycles. The summed E-state index contributed by atoms with van der Waals surface area (Å²) in [6, 6.07) is 4.57. The minimum Gasteiger partial charge on any atom is -0.507 e. The summed E-state index contributed by atoms with van der Waals surface area (Å²) >= 11 is 0. The fraction of sp³-hybridized carbons (Fsp3) is 0.500. The van der Waals surface area contributed by atoms with Crippen LogP contribution in [0, 0.1) is 0 Å². The molecule has 1 aromatic carbocycles. The van der Waals surface area contributed by atoms with Gasteiger partial charge in [-0.1, -0.05) is 6.07 Å². The molecule has 0 spiro atoms. The normalized spacial score (nSPS) is 10.7. The molecule has 1 aromatic rings. The second kappa shape index (κ2) is 10.1. The van der Waals surface area contributed by atoms with Gasteiger partial charge in [0.2, 0.25) is 0 Å². The Balaban J connectivity index is 2.16. The number of benzene rings is 1. The number of aliphatic hydroxyl groups is 1. The van der Waals surface area contributed by atoms with Crippen LogP contribution >= 0.6 is 0 Å². The molecule has 0 radical (unpaired) electrons. The highest BCUT2D eigenvalue weighted by Crippen LogP contribution is 2.18. The van der Waals surface area contributed by atoms with Gasteiger partial charge in [0.15, 0.2) is 0 Å². The monoisotopic (exact) mass is 299 g/mol. The van der Waals surface area contributed by atoms with Crippen molar-refractivity contribution in [3.8, 4) is 5.75 Å². The minimum atomic E-state index is -0.680. The van der Waals surface area contributed by atoms with E-state index < -0.39 is 5.91 Å². The van der Waals surface area contributed by atoms with Crippen molar-refractivity contribution in [2.75, 3.05) is 39.6 Å². The molecule has 1 rings (SSSR count). The van der Waals surface area contributed by atoms with Gasteiger partial charge in [0.05, 0.1) is 51.8 Å². The number of aromatic hydroxyl groups is 1. The average Bonchev–Trinajstić information content (AvgIpc) is 2.47. The molecule has 0 bridgehead atoms. The van der Waals surface area contributed by atoms with Gasteiger partial charge in [0.1, 0.15) is 5.75 Å². The first kappa shape index (κ1) is 17.4. The van der Waals surface area contributed by atoms with E-state index in [-0.39, 0.29) is 17.9 Å². The molecular weight excluding hydrogens is 278 g/mol. The lowest BCUT2D eigenvalue weighted by atomic mass is 10.1. The molecule has 0 unspecified atom stereocenters. The van der Waals surface area contributed by atoms with Crippen LogP contribution in [0.4, 0.5) is 0 Å². The number of ether oxygens (including phenoxy) is 3. The quantitative estimate of drug-likeness (QED) is 0.497. The maximum absolute atomic E-state index is 11.1. The van der Waals surface area contributed by atoms with E-state index in [1.54, 1.807) is 6.07 Å². The van der Waals surface area contributed by atoms with Gasteiger partial charge in [-0.05, 0) is 17.7 Å². The highest BCUT2D eigenvalue weighted by atomic mass is 16.5. The molecule has 0 atom stereocenters. The SMILES string of the molecule is NC(=O)c1cc(COCCOCCOCCO)ccc1O. The highest BCUT2D eigenvalue weighted by Gasteiger charge is 2.08. The maximum Gasteiger partial charge on any atom is 0.252 e. The van der Waals surface area contributed by atoms with E-state index in [4.69, 9.17) is 25.1 Å². The highest BCUT2D eigenvalue weighted by molar-refractivity contribution is 5.95. The lowest BCUT2D eigenvalue weighted by Gasteiger charge is -2.08. The van der Waals surface area contributed by atoms with E-state index in [2.05, 4.69) is 0 Å². The summed E-state index contributed by atoms with van der Waals surface area (Å²) in [7, 11) is 0. The average molecular weight is 299 g/mol. The molecule has 4 N–H and O–H groups in total. The number of primary amides is 1. The third-order valence-electron chi connectivity index (χ3n) is 2.57. The molecule has 0 aliphatic carbocycles. The first-order valence-electron chi connectivity index (χ1n) is 6.61. The van der Waals surface area contributed by atoms with E-state index in [9.17, 15) is 9.90 Å². The number of carbonyl (C=O) groups is 1. The first-order valence-corrected chi connectivity index (χ1v) is 6.61. The van der Waals surface area contributed by atoms with Gasteiger partial charge in [-0.25, -0.2) is 0 Å². The molecule has 0 heterocycles. The number of rotatable bonds is 11. The van der Waals surface area contributed by atoms with Crippen molar-refractivity contribution in [3.63, 3.8) is 0 Å². The van der Waals surface area contributed by atoms with E-state index in [0.29, 0.717) is 39.6 Å². The smallest absolute Gasteiger partial charge is 0.252 e. The van der Waals surface area contributed by atoms with Gasteiger partial charge in [0, 0.05) is 0 Å². The zero-order valence-corrected chi connectivity index (χ0v) is 11.8. The zero-order valence-electron chi connectivity index (χ0n) is 11.8. The number of nitrogens with two attached hydrogens (primary N) is 1. The van der Waals surface area contributed by atoms with Gasteiger partial charge in [-0.3, -0.25) is 4.79 Å². The second-order valence-corrected chi connectivity index (χ2v) is 4.22. The predicted molar refractivity (Wildman–Crippen MR) is 75.0 cm³/mol. The molecule has 0 aliphatic rings. The largest absolute Gasteiger partial charge is 0.507 e. The number of amides is 1. The standard InChI is InChI=1S/C14H21NO6/c15-14(18)12-9-11(1-2-13(12)17)10-21-8-7-20-6-5-19-4-3-16/h1-2,9,16-17H,3-8,10H2,(H2,15,18). The molecule has 0 saturated heterocycles. The van der Waals surface area contributed by atoms with Gasteiger partial charge in [0.25, 0.3) is 5.91 Å². The van der Waals surface area contributed by atoms with E-state index in [0.717, 1.165) is 5.56 Å². The predicted octanol–water partition coefficient (Wildman–Crippen LogP) is 0.0332. The Bertz CT molecular complexity index is 437. The van der Waals surface area contributed by atoms with Crippen LogP contribution in [0.1, 0.15) is 15.9 Å². The molecule has 0 saturated carbocycles. The topological polar surface area (TPSA) is 111 Å². The van der Waals surface area contributed by atoms with E-state index in [1.165, 1.54) is 12.1 Å². The van der Waals surface area contributed by atoms with Crippen LogP contribution in [-0.4, -0.2) is 55.8 Å². The second-order valence-electron chi connectivity index (χ2n) is 4.22. The van der Waals surface area contributed by atoms with Gasteiger partial charge in [-0.15, -0.1) is 0 Å². The van der Waals surface area contributed by atoms with Crippen molar-refractivity contribution < 1.29 is 29.2 Å². The van der Waals surface area contributed by atoms with Crippen LogP contribution in [0.3, 0.4) is 0 Å². The Hall–Kier alpha value is -1.67. The van der Waals surface area contributed by atoms with Crippen LogP contribution in [0.2, 0.25) is 0 Å². The zero-order chi connectivity index (χ0) is 15.5. The van der Waals surface area contributed by atoms with Gasteiger partial charge in [-0.2, -0.15) is 0 Å². The Morgan fingerprint density at radius 3 is 2.29 bits per heavy atom. The van der Waals surface area contributed by atoms with Crippen LogP contribution < -0.4 is 5.73 Å². The van der Waals surface area contributed by atoms with E-state index in [1.807, 2.05) is 0 Å². The molecule has 7 heteroatoms. The molecule has 1 amide bonds. The van der Waals surface area contributed by atoms with Crippen LogP contribution in [-0.2, 0) is 20.8 Å². The fourth-order valence-electron chi connectivity index (χ4n) is 1.56. The third kappa shape index (κ3) is 7.05. The first-order chi connectivity index (χ1) is 10.1. The summed E-state index contributed by atoms with van der Waals surface area (Å²) in [4.78, 5) is 11.1. The molecular formula is C14H21NO6. The lowest BCUT2D eigenvalue weighted by Crippen LogP contribution is -2.12. The molecule has 7 nitrogen and oxygen atoms in total. The number of aliphatic hydroxyl groups excluding tert-OH is 1. The summed E-state index contributed by atoms with van der Waals surface area (Å²) in [5.41, 5.74) is 5.96. The summed E-state index contributed by atoms with van der Waals surface area (Å²) in [5.74, 6) is -0.821. The van der Waals surface area contributed by atoms with Crippen molar-refractivity contribution in [1.82, 2.24) is 0 Å². The van der Waals surface area contributed by atoms with Gasteiger partial charge < -0.3 is 30.2 Å². The summed E-state index contributed by atoms with van der Waals surface area (Å²) in [6.07, 6.45) is 0. The Labute approximate surface area is 123 Å². The Morgan fingerprint density at radius 2 is 1.67 bits per heavy atom. The molecule has 0 fully saturated rings. The fourth-order valence-corrected chi connectivity index (χ4v) is 1.56. The summed E-state index contributed by atoms with van der Waals surface area (Å²) in [5, 5.41) is 17.9. The maximum atomic E-state index is 11.1. The number of hydrogen-bond donors (Lipinski definition) is 3. The number of carbonyl (C=O) groups excluding carboxylic acids is 1. The Kier molecular flexibility index (Phi) is 8.37. The number of phenols is 1. The van der Waals surface area contributed by atoms with Crippen molar-refractivity contribution in [3.05, 3.63) is 29.3 Å². The van der Waals surface area contributed by atoms with Crippen molar-refractivity contribution in [1.29, 1.82) is 0 Å². The third-order valence-corrected chi connectivity index (χ3v) is 2.57. The molecule has 118 valence electrons. The minimum absolute atomic E-state index is 0.00301. The van der Waals surface area contributed by atoms with Crippen LogP contribution in [0.25, 0.3) is 0 Å². The lowest BCUT2D eigenvalue weighted by molar-refractivity contribution is 0.00449. The van der Waals surface area contributed by atoms with Gasteiger partial charge >= 0.3 is 0 Å². The van der Waals surface area contributed by atoms with Crippen molar-refractivity contribution >= 4 is 5.91 Å². The molecule has 0 aromatic heterocycles. The summed E-state index contributed by atoms with van der Waals surface area (Å²) < 4.78 is 15.7. The van der Waals surface area contributed by atoms with E-state index >= 15 is 0 Å².